The molecule has 0 amide bonds. The van der Waals surface area contributed by atoms with Crippen LogP contribution in [0.5, 0.6) is 5.88 Å². The van der Waals surface area contributed by atoms with E-state index in [0.717, 1.165) is 16.8 Å². The molecule has 4 heteroatoms. The number of nitrogen functional groups attached to an aromatic ring is 1. The van der Waals surface area contributed by atoms with Gasteiger partial charge in [0.25, 0.3) is 5.88 Å². The molecule has 1 aromatic carbocycles. The molecule has 0 saturated heterocycles. The summed E-state index contributed by atoms with van der Waals surface area (Å²) in [5.41, 5.74) is 9.22. The summed E-state index contributed by atoms with van der Waals surface area (Å²) in [5.74, 6) is 0.359. The number of benzene rings is 1. The van der Waals surface area contributed by atoms with Crippen molar-refractivity contribution in [2.75, 3.05) is 12.8 Å². The summed E-state index contributed by atoms with van der Waals surface area (Å²) in [6, 6.07) is 9.74. The van der Waals surface area contributed by atoms with Crippen LogP contribution in [-0.2, 0) is 0 Å². The normalized spacial score (nSPS) is 10.1. The van der Waals surface area contributed by atoms with E-state index in [4.69, 9.17) is 10.5 Å². The van der Waals surface area contributed by atoms with Gasteiger partial charge in [-0.3, -0.25) is 0 Å². The molecule has 4 nitrogen and oxygen atoms in total. The molecule has 0 bridgehead atoms. The highest BCUT2D eigenvalue weighted by Crippen LogP contribution is 2.25. The van der Waals surface area contributed by atoms with Gasteiger partial charge in [-0.05, 0) is 18.6 Å². The van der Waals surface area contributed by atoms with Gasteiger partial charge in [0.2, 0.25) is 0 Å². The van der Waals surface area contributed by atoms with E-state index < -0.39 is 0 Å². The van der Waals surface area contributed by atoms with Crippen LogP contribution < -0.4 is 10.5 Å². The number of nitrogens with zero attached hydrogens (tertiary/aromatic N) is 2. The zero-order valence-electron chi connectivity index (χ0n) is 9.27. The van der Waals surface area contributed by atoms with Gasteiger partial charge in [0.05, 0.1) is 18.5 Å². The molecule has 0 spiro atoms. The molecular weight excluding hydrogens is 202 g/mol. The fraction of sp³-hybridized carbons (Fsp3) is 0.167. The molecule has 82 valence electrons. The van der Waals surface area contributed by atoms with Crippen molar-refractivity contribution < 1.29 is 4.74 Å². The fourth-order valence-corrected chi connectivity index (χ4v) is 1.55. The number of hydrogen-bond donors (Lipinski definition) is 1. The summed E-state index contributed by atoms with van der Waals surface area (Å²) >= 11 is 0. The van der Waals surface area contributed by atoms with Crippen molar-refractivity contribution in [2.24, 2.45) is 0 Å². The van der Waals surface area contributed by atoms with Crippen LogP contribution >= 0.6 is 0 Å². The zero-order valence-corrected chi connectivity index (χ0v) is 9.27. The standard InChI is InChI=1S/C12H13N3O/c1-8-5-3-4-6-9(8)11-7-10(13)12(16-2)15-14-11/h3-7H,1-2H3,(H2,13,14). The molecule has 0 unspecified atom stereocenters. The second-order valence-electron chi connectivity index (χ2n) is 3.51. The predicted octanol–water partition coefficient (Wildman–Crippen LogP) is 2.04. The number of ether oxygens (including phenoxy) is 1. The Bertz CT molecular complexity index is 511. The summed E-state index contributed by atoms with van der Waals surface area (Å²) in [5, 5.41) is 8.00. The largest absolute Gasteiger partial charge is 0.478 e. The lowest BCUT2D eigenvalue weighted by molar-refractivity contribution is 0.394. The molecule has 16 heavy (non-hydrogen) atoms. The van der Waals surface area contributed by atoms with Crippen LogP contribution in [0.2, 0.25) is 0 Å². The Balaban J connectivity index is 2.50. The topological polar surface area (TPSA) is 61.0 Å². The van der Waals surface area contributed by atoms with Gasteiger partial charge >= 0.3 is 0 Å². The van der Waals surface area contributed by atoms with Crippen LogP contribution in [0.4, 0.5) is 5.69 Å². The number of nitrogens with two attached hydrogens (primary N) is 1. The van der Waals surface area contributed by atoms with Gasteiger partial charge in [-0.25, -0.2) is 0 Å². The lowest BCUT2D eigenvalue weighted by Crippen LogP contribution is -1.99. The average molecular weight is 215 g/mol. The Morgan fingerprint density at radius 2 is 1.94 bits per heavy atom. The van der Waals surface area contributed by atoms with Crippen LogP contribution in [0.3, 0.4) is 0 Å². The van der Waals surface area contributed by atoms with Crippen LogP contribution in [0.15, 0.2) is 30.3 Å². The van der Waals surface area contributed by atoms with E-state index in [2.05, 4.69) is 10.2 Å². The maximum absolute atomic E-state index is 5.79. The first-order chi connectivity index (χ1) is 7.72. The SMILES string of the molecule is COc1nnc(-c2ccccc2C)cc1N. The second kappa shape index (κ2) is 4.18. The third kappa shape index (κ3) is 1.82. The molecule has 0 fully saturated rings. The Hall–Kier alpha value is -2.10. The Morgan fingerprint density at radius 1 is 1.19 bits per heavy atom. The predicted molar refractivity (Wildman–Crippen MR) is 63.2 cm³/mol. The first-order valence-electron chi connectivity index (χ1n) is 4.95. The molecule has 2 N–H and O–H groups in total. The molecule has 0 atom stereocenters. The molecule has 0 aliphatic heterocycles. The smallest absolute Gasteiger partial charge is 0.256 e. The molecule has 1 heterocycles. The van der Waals surface area contributed by atoms with Crippen LogP contribution in [0, 0.1) is 6.92 Å². The number of methoxy groups -OCH3 is 1. The Labute approximate surface area is 94.1 Å². The van der Waals surface area contributed by atoms with E-state index in [-0.39, 0.29) is 0 Å². The van der Waals surface area contributed by atoms with E-state index in [1.165, 1.54) is 7.11 Å². The Morgan fingerprint density at radius 3 is 2.56 bits per heavy atom. The van der Waals surface area contributed by atoms with Crippen molar-refractivity contribution in [1.82, 2.24) is 10.2 Å². The van der Waals surface area contributed by atoms with E-state index in [1.54, 1.807) is 6.07 Å². The number of aromatic nitrogens is 2. The van der Waals surface area contributed by atoms with Crippen LogP contribution in [-0.4, -0.2) is 17.3 Å². The quantitative estimate of drug-likeness (QED) is 0.832. The fourth-order valence-electron chi connectivity index (χ4n) is 1.55. The summed E-state index contributed by atoms with van der Waals surface area (Å²) in [6.45, 7) is 2.03. The van der Waals surface area contributed by atoms with Gasteiger partial charge in [0, 0.05) is 5.56 Å². The molecule has 0 aliphatic rings. The molecule has 1 aromatic heterocycles. The van der Waals surface area contributed by atoms with Gasteiger partial charge in [0.15, 0.2) is 0 Å². The highest BCUT2D eigenvalue weighted by Gasteiger charge is 2.07. The summed E-state index contributed by atoms with van der Waals surface area (Å²) in [7, 11) is 1.52. The van der Waals surface area contributed by atoms with Gasteiger partial charge in [0.1, 0.15) is 0 Å². The number of aryl methyl sites for hydroxylation is 1. The monoisotopic (exact) mass is 215 g/mol. The number of hydrogen-bond acceptors (Lipinski definition) is 4. The van der Waals surface area contributed by atoms with E-state index in [9.17, 15) is 0 Å². The van der Waals surface area contributed by atoms with Crippen molar-refractivity contribution in [3.63, 3.8) is 0 Å². The lowest BCUT2D eigenvalue weighted by Gasteiger charge is -2.06. The minimum atomic E-state index is 0.359. The minimum Gasteiger partial charge on any atom is -0.478 e. The van der Waals surface area contributed by atoms with Gasteiger partial charge < -0.3 is 10.5 Å². The third-order valence-corrected chi connectivity index (χ3v) is 2.40. The van der Waals surface area contributed by atoms with E-state index in [0.29, 0.717) is 11.6 Å². The van der Waals surface area contributed by atoms with Crippen molar-refractivity contribution in [3.05, 3.63) is 35.9 Å². The van der Waals surface area contributed by atoms with Crippen molar-refractivity contribution in [1.29, 1.82) is 0 Å². The first-order valence-corrected chi connectivity index (χ1v) is 4.95. The first kappa shape index (κ1) is 10.4. The van der Waals surface area contributed by atoms with Gasteiger partial charge in [-0.1, -0.05) is 24.3 Å². The van der Waals surface area contributed by atoms with Crippen LogP contribution in [0.25, 0.3) is 11.3 Å². The maximum Gasteiger partial charge on any atom is 0.256 e. The number of anilines is 1. The van der Waals surface area contributed by atoms with E-state index >= 15 is 0 Å². The van der Waals surface area contributed by atoms with Crippen molar-refractivity contribution >= 4 is 5.69 Å². The summed E-state index contributed by atoms with van der Waals surface area (Å²) < 4.78 is 4.97. The molecule has 0 aliphatic carbocycles. The lowest BCUT2D eigenvalue weighted by atomic mass is 10.1. The van der Waals surface area contributed by atoms with E-state index in [1.807, 2.05) is 31.2 Å². The van der Waals surface area contributed by atoms with Crippen LogP contribution in [0.1, 0.15) is 5.56 Å². The second-order valence-corrected chi connectivity index (χ2v) is 3.51. The molecule has 2 rings (SSSR count). The molecule has 0 radical (unpaired) electrons. The highest BCUT2D eigenvalue weighted by molar-refractivity contribution is 5.67. The number of rotatable bonds is 2. The molecular formula is C12H13N3O. The molecule has 0 saturated carbocycles. The van der Waals surface area contributed by atoms with Gasteiger partial charge in [-0.15, -0.1) is 10.2 Å². The summed E-state index contributed by atoms with van der Waals surface area (Å²) in [6.07, 6.45) is 0. The maximum atomic E-state index is 5.79. The zero-order chi connectivity index (χ0) is 11.5. The third-order valence-electron chi connectivity index (χ3n) is 2.40. The molecule has 2 aromatic rings. The van der Waals surface area contributed by atoms with Crippen molar-refractivity contribution in [3.8, 4) is 17.1 Å². The Kier molecular flexibility index (Phi) is 2.72. The van der Waals surface area contributed by atoms with Gasteiger partial charge in [-0.2, -0.15) is 0 Å². The minimum absolute atomic E-state index is 0.359. The average Bonchev–Trinajstić information content (AvgIpc) is 2.29. The van der Waals surface area contributed by atoms with Crippen molar-refractivity contribution in [2.45, 2.75) is 6.92 Å². The summed E-state index contributed by atoms with van der Waals surface area (Å²) in [4.78, 5) is 0. The highest BCUT2D eigenvalue weighted by atomic mass is 16.5.